The summed E-state index contributed by atoms with van der Waals surface area (Å²) in [5.41, 5.74) is 3.65. The van der Waals surface area contributed by atoms with Crippen LogP contribution in [-0.2, 0) is 27.2 Å². The van der Waals surface area contributed by atoms with Gasteiger partial charge in [-0.25, -0.2) is 5.48 Å². The van der Waals surface area contributed by atoms with E-state index in [0.29, 0.717) is 44.8 Å². The smallest absolute Gasteiger partial charge is 0.274 e. The number of likely N-dealkylation sites (tertiary alicyclic amines) is 1. The molecule has 4 rings (SSSR count). The Morgan fingerprint density at radius 1 is 1.14 bits per heavy atom. The Kier molecular flexibility index (Phi) is 5.07. The Morgan fingerprint density at radius 3 is 2.68 bits per heavy atom. The highest BCUT2D eigenvalue weighted by molar-refractivity contribution is 5.94. The molecule has 2 saturated heterocycles. The number of hydroxylamine groups is 1. The summed E-state index contributed by atoms with van der Waals surface area (Å²) in [5.74, 6) is -0.540. The van der Waals surface area contributed by atoms with E-state index in [1.807, 2.05) is 6.07 Å². The van der Waals surface area contributed by atoms with Crippen LogP contribution in [0, 0.1) is 5.41 Å². The number of benzene rings is 1. The molecule has 0 radical (unpaired) electrons. The zero-order chi connectivity index (χ0) is 19.7. The zero-order valence-corrected chi connectivity index (χ0v) is 15.8. The predicted octanol–water partition coefficient (Wildman–Crippen LogP) is 0.372. The summed E-state index contributed by atoms with van der Waals surface area (Å²) < 4.78 is 5.28. The monoisotopic (exact) mass is 387 g/mol. The van der Waals surface area contributed by atoms with Gasteiger partial charge in [0.1, 0.15) is 0 Å². The lowest BCUT2D eigenvalue weighted by Gasteiger charge is -2.34. The van der Waals surface area contributed by atoms with Crippen LogP contribution in [0.1, 0.15) is 34.3 Å². The van der Waals surface area contributed by atoms with Crippen LogP contribution in [0.25, 0.3) is 0 Å². The van der Waals surface area contributed by atoms with Crippen molar-refractivity contribution >= 4 is 17.7 Å². The highest BCUT2D eigenvalue weighted by atomic mass is 16.5. The molecule has 2 heterocycles. The van der Waals surface area contributed by atoms with Gasteiger partial charge in [-0.2, -0.15) is 0 Å². The van der Waals surface area contributed by atoms with E-state index >= 15 is 0 Å². The highest BCUT2D eigenvalue weighted by Crippen LogP contribution is 2.43. The summed E-state index contributed by atoms with van der Waals surface area (Å²) >= 11 is 0. The quantitative estimate of drug-likeness (QED) is 0.577. The molecule has 2 fully saturated rings. The molecule has 2 aliphatic heterocycles. The first kappa shape index (κ1) is 18.9. The molecular weight excluding hydrogens is 362 g/mol. The first-order valence-electron chi connectivity index (χ1n) is 9.73. The number of morpholine rings is 1. The summed E-state index contributed by atoms with van der Waals surface area (Å²) in [7, 11) is 0. The first-order valence-corrected chi connectivity index (χ1v) is 9.73. The third-order valence-corrected chi connectivity index (χ3v) is 6.26. The summed E-state index contributed by atoms with van der Waals surface area (Å²) in [4.78, 5) is 40.9. The van der Waals surface area contributed by atoms with Gasteiger partial charge in [0, 0.05) is 25.2 Å². The molecular formula is C20H25N3O5. The van der Waals surface area contributed by atoms with E-state index in [1.54, 1.807) is 27.4 Å². The molecule has 0 aromatic heterocycles. The molecule has 3 aliphatic rings. The zero-order valence-electron chi connectivity index (χ0n) is 15.8. The average Bonchev–Trinajstić information content (AvgIpc) is 3.02. The molecule has 0 saturated carbocycles. The normalized spacial score (nSPS) is 24.4. The van der Waals surface area contributed by atoms with Crippen LogP contribution in [-0.4, -0.2) is 72.1 Å². The number of ether oxygens (including phenoxy) is 1. The lowest BCUT2D eigenvalue weighted by Crippen LogP contribution is -2.47. The lowest BCUT2D eigenvalue weighted by molar-refractivity contribution is -0.144. The van der Waals surface area contributed by atoms with Crippen molar-refractivity contribution in [2.75, 3.05) is 39.4 Å². The number of rotatable bonds is 3. The van der Waals surface area contributed by atoms with Crippen LogP contribution < -0.4 is 5.48 Å². The van der Waals surface area contributed by atoms with Crippen LogP contribution in [0.2, 0.25) is 0 Å². The van der Waals surface area contributed by atoms with Crippen molar-refractivity contribution < 1.29 is 24.3 Å². The standard InChI is InChI=1S/C20H25N3O5/c24-17(22-7-9-28-10-8-22)13-23-6-5-20(19(23)26)4-3-14-1-2-15(18(25)21-27)11-16(14)12-20/h1-2,11,27H,3-10,12-13H2,(H,21,25)/t20-/m1/s1. The second-order valence-electron chi connectivity index (χ2n) is 7.85. The molecule has 1 aromatic carbocycles. The molecule has 1 spiro atoms. The number of fused-ring (bicyclic) bond motifs is 1. The van der Waals surface area contributed by atoms with Crippen molar-refractivity contribution in [1.29, 1.82) is 0 Å². The van der Waals surface area contributed by atoms with Gasteiger partial charge >= 0.3 is 0 Å². The van der Waals surface area contributed by atoms with Gasteiger partial charge in [0.05, 0.1) is 25.2 Å². The maximum atomic E-state index is 13.2. The molecule has 2 N–H and O–H groups in total. The number of carbonyl (C=O) groups is 3. The number of hydrogen-bond donors (Lipinski definition) is 2. The van der Waals surface area contributed by atoms with Crippen molar-refractivity contribution in [2.24, 2.45) is 5.41 Å². The van der Waals surface area contributed by atoms with E-state index in [2.05, 4.69) is 0 Å². The molecule has 8 nitrogen and oxygen atoms in total. The van der Waals surface area contributed by atoms with Gasteiger partial charge < -0.3 is 14.5 Å². The van der Waals surface area contributed by atoms with E-state index in [1.165, 1.54) is 0 Å². The molecule has 8 heteroatoms. The number of nitrogens with zero attached hydrogens (tertiary/aromatic N) is 2. The maximum Gasteiger partial charge on any atom is 0.274 e. The summed E-state index contributed by atoms with van der Waals surface area (Å²) in [6.07, 6.45) is 2.81. The molecule has 0 bridgehead atoms. The van der Waals surface area contributed by atoms with Crippen LogP contribution in [0.4, 0.5) is 0 Å². The third-order valence-electron chi connectivity index (χ3n) is 6.26. The van der Waals surface area contributed by atoms with E-state index in [4.69, 9.17) is 9.94 Å². The van der Waals surface area contributed by atoms with Crippen LogP contribution in [0.3, 0.4) is 0 Å². The molecule has 3 amide bonds. The van der Waals surface area contributed by atoms with E-state index in [9.17, 15) is 14.4 Å². The predicted molar refractivity (Wildman–Crippen MR) is 98.7 cm³/mol. The van der Waals surface area contributed by atoms with E-state index in [0.717, 1.165) is 30.4 Å². The number of amides is 3. The van der Waals surface area contributed by atoms with Gasteiger partial charge in [0.15, 0.2) is 0 Å². The lowest BCUT2D eigenvalue weighted by atomic mass is 9.70. The van der Waals surface area contributed by atoms with Crippen molar-refractivity contribution in [1.82, 2.24) is 15.3 Å². The number of carbonyl (C=O) groups excluding carboxylic acids is 3. The maximum absolute atomic E-state index is 13.2. The summed E-state index contributed by atoms with van der Waals surface area (Å²) in [6.45, 7) is 2.96. The van der Waals surface area contributed by atoms with Crippen LogP contribution >= 0.6 is 0 Å². The fourth-order valence-corrected chi connectivity index (χ4v) is 4.58. The molecule has 28 heavy (non-hydrogen) atoms. The van der Waals surface area contributed by atoms with Crippen LogP contribution in [0.15, 0.2) is 18.2 Å². The largest absolute Gasteiger partial charge is 0.378 e. The Morgan fingerprint density at radius 2 is 1.93 bits per heavy atom. The minimum Gasteiger partial charge on any atom is -0.378 e. The fourth-order valence-electron chi connectivity index (χ4n) is 4.58. The number of hydrogen-bond acceptors (Lipinski definition) is 5. The van der Waals surface area contributed by atoms with E-state index < -0.39 is 11.3 Å². The van der Waals surface area contributed by atoms with Crippen molar-refractivity contribution in [3.8, 4) is 0 Å². The van der Waals surface area contributed by atoms with Crippen LogP contribution in [0.5, 0.6) is 0 Å². The topological polar surface area (TPSA) is 99.2 Å². The molecule has 0 unspecified atom stereocenters. The van der Waals surface area contributed by atoms with Gasteiger partial charge in [-0.3, -0.25) is 19.6 Å². The van der Waals surface area contributed by atoms with Gasteiger partial charge in [-0.05, 0) is 48.9 Å². The van der Waals surface area contributed by atoms with Crippen molar-refractivity contribution in [2.45, 2.75) is 25.7 Å². The Balaban J connectivity index is 1.47. The highest BCUT2D eigenvalue weighted by Gasteiger charge is 2.48. The van der Waals surface area contributed by atoms with Gasteiger partial charge in [0.25, 0.3) is 5.91 Å². The summed E-state index contributed by atoms with van der Waals surface area (Å²) in [5, 5.41) is 8.86. The second-order valence-corrected chi connectivity index (χ2v) is 7.85. The van der Waals surface area contributed by atoms with Gasteiger partial charge in [-0.15, -0.1) is 0 Å². The number of nitrogens with one attached hydrogen (secondary N) is 1. The number of aryl methyl sites for hydroxylation is 1. The molecule has 1 atom stereocenters. The van der Waals surface area contributed by atoms with Gasteiger partial charge in [0.2, 0.25) is 11.8 Å². The third kappa shape index (κ3) is 3.38. The fraction of sp³-hybridized carbons (Fsp3) is 0.550. The first-order chi connectivity index (χ1) is 13.5. The van der Waals surface area contributed by atoms with Crippen molar-refractivity contribution in [3.63, 3.8) is 0 Å². The minimum atomic E-state index is -0.557. The Hall–Kier alpha value is -2.45. The van der Waals surface area contributed by atoms with E-state index in [-0.39, 0.29) is 18.4 Å². The summed E-state index contributed by atoms with van der Waals surface area (Å²) in [6, 6.07) is 5.34. The molecule has 1 aromatic rings. The second kappa shape index (κ2) is 7.52. The Labute approximate surface area is 163 Å². The van der Waals surface area contributed by atoms with Crippen molar-refractivity contribution in [3.05, 3.63) is 34.9 Å². The Bertz CT molecular complexity index is 805. The SMILES string of the molecule is O=C(NO)c1ccc2c(c1)C[C@@]1(CC2)CCN(CC(=O)N2CCOCC2)C1=O. The minimum absolute atomic E-state index is 0.0215. The van der Waals surface area contributed by atoms with Gasteiger partial charge in [-0.1, -0.05) is 6.07 Å². The molecule has 1 aliphatic carbocycles. The average molecular weight is 387 g/mol. The molecule has 150 valence electrons.